The molecule has 6 heteroatoms. The fourth-order valence-electron chi connectivity index (χ4n) is 2.82. The first-order chi connectivity index (χ1) is 11.1. The van der Waals surface area contributed by atoms with Crippen molar-refractivity contribution in [1.29, 1.82) is 0 Å². The first-order valence-corrected chi connectivity index (χ1v) is 8.06. The molecule has 0 aliphatic carbocycles. The predicted molar refractivity (Wildman–Crippen MR) is 86.6 cm³/mol. The average Bonchev–Trinajstić information content (AvgIpc) is 3.01. The maximum atomic E-state index is 12.8. The molecule has 0 saturated carbocycles. The Morgan fingerprint density at radius 3 is 2.74 bits per heavy atom. The molecule has 5 nitrogen and oxygen atoms in total. The van der Waals surface area contributed by atoms with E-state index in [1.165, 1.54) is 24.3 Å². The number of benzene rings is 1. The van der Waals surface area contributed by atoms with Gasteiger partial charge in [-0.25, -0.2) is 4.39 Å². The van der Waals surface area contributed by atoms with Crippen LogP contribution in [0.3, 0.4) is 0 Å². The third-order valence-electron chi connectivity index (χ3n) is 4.09. The molecule has 2 rings (SSSR count). The maximum absolute atomic E-state index is 12.8. The Hall–Kier alpha value is -1.95. The smallest absolute Gasteiger partial charge is 0.251 e. The molecular formula is C17H24FN3O2. The highest BCUT2D eigenvalue weighted by atomic mass is 19.1. The third kappa shape index (κ3) is 5.32. The Labute approximate surface area is 136 Å². The number of hydrogen-bond donors (Lipinski definition) is 2. The summed E-state index contributed by atoms with van der Waals surface area (Å²) < 4.78 is 12.8. The molecule has 1 aromatic carbocycles. The Morgan fingerprint density at radius 1 is 1.30 bits per heavy atom. The van der Waals surface area contributed by atoms with E-state index in [1.54, 1.807) is 0 Å². The second kappa shape index (κ2) is 8.62. The molecule has 1 unspecified atom stereocenters. The summed E-state index contributed by atoms with van der Waals surface area (Å²) in [5.74, 6) is 0.0869. The molecule has 1 aliphatic heterocycles. The minimum Gasteiger partial charge on any atom is -0.352 e. The largest absolute Gasteiger partial charge is 0.352 e. The number of likely N-dealkylation sites (tertiary alicyclic amines) is 1. The third-order valence-corrected chi connectivity index (χ3v) is 4.09. The van der Waals surface area contributed by atoms with E-state index in [9.17, 15) is 14.0 Å². The first-order valence-electron chi connectivity index (χ1n) is 8.06. The highest BCUT2D eigenvalue weighted by Gasteiger charge is 2.25. The minimum absolute atomic E-state index is 0.152. The molecule has 0 bridgehead atoms. The minimum atomic E-state index is -0.366. The van der Waals surface area contributed by atoms with Crippen molar-refractivity contribution in [3.63, 3.8) is 0 Å². The monoisotopic (exact) mass is 321 g/mol. The zero-order chi connectivity index (χ0) is 16.7. The Balaban J connectivity index is 1.64. The second-order valence-corrected chi connectivity index (χ2v) is 5.92. The van der Waals surface area contributed by atoms with Gasteiger partial charge in [0.2, 0.25) is 5.91 Å². The Bertz CT molecular complexity index is 533. The van der Waals surface area contributed by atoms with Gasteiger partial charge in [-0.1, -0.05) is 0 Å². The van der Waals surface area contributed by atoms with Crippen LogP contribution in [0.25, 0.3) is 0 Å². The number of carbonyl (C=O) groups is 2. The molecule has 2 N–H and O–H groups in total. The number of rotatable bonds is 7. The van der Waals surface area contributed by atoms with E-state index in [1.807, 2.05) is 11.9 Å². The molecule has 0 aromatic heterocycles. The van der Waals surface area contributed by atoms with Crippen LogP contribution in [0, 0.1) is 11.7 Å². The van der Waals surface area contributed by atoms with Crippen molar-refractivity contribution in [3.8, 4) is 0 Å². The van der Waals surface area contributed by atoms with Crippen molar-refractivity contribution >= 4 is 11.8 Å². The Morgan fingerprint density at radius 2 is 2.04 bits per heavy atom. The van der Waals surface area contributed by atoms with Gasteiger partial charge in [0.05, 0.1) is 0 Å². The van der Waals surface area contributed by atoms with E-state index in [0.29, 0.717) is 30.9 Å². The highest BCUT2D eigenvalue weighted by Crippen LogP contribution is 2.16. The second-order valence-electron chi connectivity index (χ2n) is 5.92. The van der Waals surface area contributed by atoms with Crippen LogP contribution < -0.4 is 10.6 Å². The van der Waals surface area contributed by atoms with Gasteiger partial charge in [0, 0.05) is 31.6 Å². The van der Waals surface area contributed by atoms with Gasteiger partial charge in [0.25, 0.3) is 5.91 Å². The molecule has 1 fully saturated rings. The van der Waals surface area contributed by atoms with Crippen molar-refractivity contribution in [1.82, 2.24) is 15.5 Å². The van der Waals surface area contributed by atoms with Gasteiger partial charge in [-0.2, -0.15) is 0 Å². The summed E-state index contributed by atoms with van der Waals surface area (Å²) in [4.78, 5) is 25.8. The van der Waals surface area contributed by atoms with Gasteiger partial charge in [-0.05, 0) is 56.6 Å². The summed E-state index contributed by atoms with van der Waals surface area (Å²) in [6.07, 6.45) is 2.10. The molecular weight excluding hydrogens is 297 g/mol. The van der Waals surface area contributed by atoms with E-state index in [0.717, 1.165) is 26.1 Å². The lowest BCUT2D eigenvalue weighted by Crippen LogP contribution is -2.31. The number of amides is 2. The summed E-state index contributed by atoms with van der Waals surface area (Å²) >= 11 is 0. The normalized spacial score (nSPS) is 17.3. The summed E-state index contributed by atoms with van der Waals surface area (Å²) in [6.45, 7) is 3.03. The van der Waals surface area contributed by atoms with Gasteiger partial charge in [0.1, 0.15) is 5.82 Å². The standard InChI is InChI=1S/C17H24FN3O2/c1-19-11-13-8-10-21(12-13)16(22)3-2-9-20-17(23)14-4-6-15(18)7-5-14/h4-7,13,19H,2-3,8-12H2,1H3,(H,20,23). The van der Waals surface area contributed by atoms with E-state index in [2.05, 4.69) is 10.6 Å². The lowest BCUT2D eigenvalue weighted by molar-refractivity contribution is -0.130. The van der Waals surface area contributed by atoms with Crippen LogP contribution in [0.1, 0.15) is 29.6 Å². The molecule has 0 radical (unpaired) electrons. The van der Waals surface area contributed by atoms with Crippen LogP contribution in [-0.2, 0) is 4.79 Å². The molecule has 0 spiro atoms. The zero-order valence-electron chi connectivity index (χ0n) is 13.5. The zero-order valence-corrected chi connectivity index (χ0v) is 13.5. The van der Waals surface area contributed by atoms with Crippen molar-refractivity contribution in [3.05, 3.63) is 35.6 Å². The van der Waals surface area contributed by atoms with Crippen LogP contribution >= 0.6 is 0 Å². The highest BCUT2D eigenvalue weighted by molar-refractivity contribution is 5.94. The average molecular weight is 321 g/mol. The lowest BCUT2D eigenvalue weighted by Gasteiger charge is -2.16. The molecule has 23 heavy (non-hydrogen) atoms. The van der Waals surface area contributed by atoms with E-state index < -0.39 is 0 Å². The topological polar surface area (TPSA) is 61.4 Å². The van der Waals surface area contributed by atoms with Crippen molar-refractivity contribution in [2.75, 3.05) is 33.2 Å². The fourth-order valence-corrected chi connectivity index (χ4v) is 2.82. The van der Waals surface area contributed by atoms with Crippen molar-refractivity contribution in [2.24, 2.45) is 5.92 Å². The van der Waals surface area contributed by atoms with Gasteiger partial charge < -0.3 is 15.5 Å². The van der Waals surface area contributed by atoms with E-state index >= 15 is 0 Å². The van der Waals surface area contributed by atoms with Crippen LogP contribution in [-0.4, -0.2) is 49.9 Å². The van der Waals surface area contributed by atoms with Gasteiger partial charge in [0.15, 0.2) is 0 Å². The summed E-state index contributed by atoms with van der Waals surface area (Å²) in [5, 5.41) is 5.90. The van der Waals surface area contributed by atoms with Crippen LogP contribution in [0.15, 0.2) is 24.3 Å². The molecule has 1 heterocycles. The lowest BCUT2D eigenvalue weighted by atomic mass is 10.1. The quantitative estimate of drug-likeness (QED) is 0.746. The van der Waals surface area contributed by atoms with Crippen LogP contribution in [0.2, 0.25) is 0 Å². The summed E-state index contributed by atoms with van der Waals surface area (Å²) in [7, 11) is 1.92. The van der Waals surface area contributed by atoms with E-state index in [4.69, 9.17) is 0 Å². The van der Waals surface area contributed by atoms with E-state index in [-0.39, 0.29) is 17.6 Å². The number of hydrogen-bond acceptors (Lipinski definition) is 3. The van der Waals surface area contributed by atoms with Crippen LogP contribution in [0.5, 0.6) is 0 Å². The van der Waals surface area contributed by atoms with Gasteiger partial charge >= 0.3 is 0 Å². The van der Waals surface area contributed by atoms with Crippen LogP contribution in [0.4, 0.5) is 4.39 Å². The SMILES string of the molecule is CNCC1CCN(C(=O)CCCNC(=O)c2ccc(F)cc2)C1. The predicted octanol–water partition coefficient (Wildman–Crippen LogP) is 1.40. The Kier molecular flexibility index (Phi) is 6.52. The van der Waals surface area contributed by atoms with Crippen molar-refractivity contribution < 1.29 is 14.0 Å². The van der Waals surface area contributed by atoms with Gasteiger partial charge in [-0.3, -0.25) is 9.59 Å². The first kappa shape index (κ1) is 17.4. The molecule has 1 aromatic rings. The number of nitrogens with one attached hydrogen (secondary N) is 2. The number of carbonyl (C=O) groups excluding carboxylic acids is 2. The number of nitrogens with zero attached hydrogens (tertiary/aromatic N) is 1. The maximum Gasteiger partial charge on any atom is 0.251 e. The molecule has 2 amide bonds. The fraction of sp³-hybridized carbons (Fsp3) is 0.529. The molecule has 1 aliphatic rings. The molecule has 126 valence electrons. The van der Waals surface area contributed by atoms with Crippen molar-refractivity contribution in [2.45, 2.75) is 19.3 Å². The summed E-state index contributed by atoms with van der Waals surface area (Å²) in [6, 6.07) is 5.41. The van der Waals surface area contributed by atoms with Gasteiger partial charge in [-0.15, -0.1) is 0 Å². The molecule has 1 saturated heterocycles. The molecule has 1 atom stereocenters. The summed E-state index contributed by atoms with van der Waals surface area (Å²) in [5.41, 5.74) is 0.423. The number of halogens is 1.